The van der Waals surface area contributed by atoms with Crippen molar-refractivity contribution >= 4 is 56.0 Å². The third-order valence-electron chi connectivity index (χ3n) is 4.52. The summed E-state index contributed by atoms with van der Waals surface area (Å²) in [4.78, 5) is 41.9. The quantitative estimate of drug-likeness (QED) is 0.291. The van der Waals surface area contributed by atoms with E-state index in [1.54, 1.807) is 47.9 Å². The molecule has 1 amide bonds. The van der Waals surface area contributed by atoms with Crippen molar-refractivity contribution in [3.05, 3.63) is 62.9 Å². The summed E-state index contributed by atoms with van der Waals surface area (Å²) >= 11 is 4.64. The second-order valence-electron chi connectivity index (χ2n) is 6.90. The van der Waals surface area contributed by atoms with Gasteiger partial charge in [0.25, 0.3) is 5.56 Å². The van der Waals surface area contributed by atoms with E-state index in [2.05, 4.69) is 26.2 Å². The number of carbonyl (C=O) groups is 2. The van der Waals surface area contributed by atoms with Crippen LogP contribution in [0.4, 0.5) is 5.69 Å². The van der Waals surface area contributed by atoms with Gasteiger partial charge in [0.1, 0.15) is 0 Å². The molecule has 0 spiro atoms. The Hall–Kier alpha value is -2.45. The number of halogens is 1. The lowest BCUT2D eigenvalue weighted by atomic mass is 10.1. The molecule has 1 atom stereocenters. The number of rotatable bonds is 7. The van der Waals surface area contributed by atoms with Crippen LogP contribution >= 0.6 is 27.7 Å². The first-order valence-electron chi connectivity index (χ1n) is 9.58. The topological polar surface area (TPSA) is 81.1 Å². The second-order valence-corrected chi connectivity index (χ2v) is 9.12. The highest BCUT2D eigenvalue weighted by molar-refractivity contribution is 9.10. The Morgan fingerprint density at radius 2 is 2.00 bits per heavy atom. The maximum absolute atomic E-state index is 13.0. The predicted molar refractivity (Wildman–Crippen MR) is 124 cm³/mol. The Kier molecular flexibility index (Phi) is 7.10. The first-order chi connectivity index (χ1) is 14.3. The van der Waals surface area contributed by atoms with Crippen LogP contribution in [0.1, 0.15) is 37.6 Å². The number of thioether (sulfide) groups is 1. The number of carbonyl (C=O) groups excluding carboxylic acids is 2. The minimum absolute atomic E-state index is 0.0656. The highest BCUT2D eigenvalue weighted by Gasteiger charge is 2.20. The molecular weight excluding hydrogens is 466 g/mol. The smallest absolute Gasteiger partial charge is 0.262 e. The predicted octanol–water partition coefficient (Wildman–Crippen LogP) is 4.89. The molecule has 0 aliphatic rings. The number of hydrogen-bond acceptors (Lipinski definition) is 5. The van der Waals surface area contributed by atoms with Gasteiger partial charge in [0.2, 0.25) is 5.91 Å². The van der Waals surface area contributed by atoms with Crippen LogP contribution in [0.3, 0.4) is 0 Å². The molecule has 0 aliphatic carbocycles. The molecule has 0 radical (unpaired) electrons. The van der Waals surface area contributed by atoms with E-state index in [4.69, 9.17) is 0 Å². The lowest BCUT2D eigenvalue weighted by Gasteiger charge is -2.16. The van der Waals surface area contributed by atoms with Gasteiger partial charge in [-0.25, -0.2) is 4.98 Å². The summed E-state index contributed by atoms with van der Waals surface area (Å²) in [5.41, 5.74) is 1.57. The van der Waals surface area contributed by atoms with E-state index in [1.165, 1.54) is 18.7 Å². The summed E-state index contributed by atoms with van der Waals surface area (Å²) in [5.74, 6) is -0.294. The Bertz CT molecular complexity index is 1180. The minimum atomic E-state index is -0.492. The molecule has 0 aliphatic heterocycles. The fourth-order valence-corrected chi connectivity index (χ4v) is 4.25. The number of aromatic nitrogens is 2. The van der Waals surface area contributed by atoms with Crippen molar-refractivity contribution in [3.63, 3.8) is 0 Å². The van der Waals surface area contributed by atoms with Crippen molar-refractivity contribution in [3.8, 4) is 0 Å². The van der Waals surface area contributed by atoms with Crippen LogP contribution in [-0.2, 0) is 11.3 Å². The fourth-order valence-electron chi connectivity index (χ4n) is 2.95. The maximum atomic E-state index is 13.0. The zero-order valence-electron chi connectivity index (χ0n) is 16.9. The van der Waals surface area contributed by atoms with E-state index in [-0.39, 0.29) is 17.2 Å². The van der Waals surface area contributed by atoms with E-state index < -0.39 is 5.25 Å². The summed E-state index contributed by atoms with van der Waals surface area (Å²) < 4.78 is 2.44. The van der Waals surface area contributed by atoms with Gasteiger partial charge in [-0.2, -0.15) is 0 Å². The minimum Gasteiger partial charge on any atom is -0.325 e. The summed E-state index contributed by atoms with van der Waals surface area (Å²) in [5, 5.41) is 3.40. The van der Waals surface area contributed by atoms with E-state index >= 15 is 0 Å². The van der Waals surface area contributed by atoms with Gasteiger partial charge in [-0.1, -0.05) is 46.7 Å². The van der Waals surface area contributed by atoms with Crippen LogP contribution in [0.15, 0.2) is 56.9 Å². The molecule has 156 valence electrons. The molecule has 0 bridgehead atoms. The van der Waals surface area contributed by atoms with Gasteiger partial charge in [0.05, 0.1) is 16.2 Å². The lowest BCUT2D eigenvalue weighted by Crippen LogP contribution is -2.27. The molecule has 30 heavy (non-hydrogen) atoms. The van der Waals surface area contributed by atoms with Crippen LogP contribution in [0.2, 0.25) is 0 Å². The zero-order valence-corrected chi connectivity index (χ0v) is 19.3. The number of fused-ring (bicyclic) bond motifs is 1. The number of benzene rings is 2. The Morgan fingerprint density at radius 1 is 1.23 bits per heavy atom. The van der Waals surface area contributed by atoms with E-state index in [9.17, 15) is 14.4 Å². The number of nitrogens with one attached hydrogen (secondary N) is 1. The van der Waals surface area contributed by atoms with Crippen molar-refractivity contribution in [2.45, 2.75) is 44.1 Å². The maximum Gasteiger partial charge on any atom is 0.262 e. The summed E-state index contributed by atoms with van der Waals surface area (Å²) in [6, 6.07) is 12.2. The van der Waals surface area contributed by atoms with Gasteiger partial charge in [0.15, 0.2) is 10.9 Å². The summed E-state index contributed by atoms with van der Waals surface area (Å²) in [6.07, 6.45) is 0.771. The van der Waals surface area contributed by atoms with Crippen LogP contribution in [0.25, 0.3) is 10.9 Å². The van der Waals surface area contributed by atoms with E-state index in [1.807, 2.05) is 13.0 Å². The van der Waals surface area contributed by atoms with Crippen molar-refractivity contribution < 1.29 is 9.59 Å². The van der Waals surface area contributed by atoms with Crippen molar-refractivity contribution in [1.82, 2.24) is 9.55 Å². The SMILES string of the molecule is CCCn1c(SC(C)C(=O)Nc2cccc(C(C)=O)c2)nc2ccc(Br)cc2c1=O. The fraction of sp³-hybridized carbons (Fsp3) is 0.273. The normalized spacial score (nSPS) is 12.0. The summed E-state index contributed by atoms with van der Waals surface area (Å²) in [7, 11) is 0. The van der Waals surface area contributed by atoms with Gasteiger partial charge < -0.3 is 5.32 Å². The molecule has 0 saturated heterocycles. The molecule has 0 saturated carbocycles. The molecule has 1 N–H and O–H groups in total. The average Bonchev–Trinajstić information content (AvgIpc) is 2.71. The van der Waals surface area contributed by atoms with Crippen LogP contribution in [0.5, 0.6) is 0 Å². The number of ketones is 1. The Morgan fingerprint density at radius 3 is 2.70 bits per heavy atom. The van der Waals surface area contributed by atoms with E-state index in [0.717, 1.165) is 10.9 Å². The van der Waals surface area contributed by atoms with Crippen molar-refractivity contribution in [2.24, 2.45) is 0 Å². The standard InChI is InChI=1S/C22H22BrN3O3S/c1-4-10-26-21(29)18-12-16(23)8-9-19(18)25-22(26)30-14(3)20(28)24-17-7-5-6-15(11-17)13(2)27/h5-9,11-12,14H,4,10H2,1-3H3,(H,24,28). The highest BCUT2D eigenvalue weighted by atomic mass is 79.9. The number of nitrogens with zero attached hydrogens (tertiary/aromatic N) is 2. The van der Waals surface area contributed by atoms with Crippen LogP contribution in [0, 0.1) is 0 Å². The van der Waals surface area contributed by atoms with Gasteiger partial charge in [-0.15, -0.1) is 0 Å². The molecular formula is C22H22BrN3O3S. The third-order valence-corrected chi connectivity index (χ3v) is 6.10. The van der Waals surface area contributed by atoms with E-state index in [0.29, 0.717) is 33.9 Å². The molecule has 6 nitrogen and oxygen atoms in total. The summed E-state index contributed by atoms with van der Waals surface area (Å²) in [6.45, 7) is 5.76. The van der Waals surface area contributed by atoms with Gasteiger partial charge in [-0.3, -0.25) is 19.0 Å². The third kappa shape index (κ3) is 4.99. The van der Waals surface area contributed by atoms with Gasteiger partial charge in [-0.05, 0) is 50.6 Å². The molecule has 3 aromatic rings. The molecule has 8 heteroatoms. The number of Topliss-reactive ketones (excluding diaryl/α,β-unsaturated/α-hetero) is 1. The first-order valence-corrected chi connectivity index (χ1v) is 11.3. The molecule has 2 aromatic carbocycles. The molecule has 1 heterocycles. The monoisotopic (exact) mass is 487 g/mol. The zero-order chi connectivity index (χ0) is 21.8. The van der Waals surface area contributed by atoms with Gasteiger partial charge in [0, 0.05) is 22.3 Å². The first kappa shape index (κ1) is 22.2. The number of hydrogen-bond donors (Lipinski definition) is 1. The Balaban J connectivity index is 1.87. The largest absolute Gasteiger partial charge is 0.325 e. The average molecular weight is 488 g/mol. The molecule has 1 aromatic heterocycles. The van der Waals surface area contributed by atoms with Crippen LogP contribution in [-0.4, -0.2) is 26.5 Å². The molecule has 1 unspecified atom stereocenters. The van der Waals surface area contributed by atoms with Crippen molar-refractivity contribution in [2.75, 3.05) is 5.32 Å². The number of anilines is 1. The lowest BCUT2D eigenvalue weighted by molar-refractivity contribution is -0.115. The number of amides is 1. The highest BCUT2D eigenvalue weighted by Crippen LogP contribution is 2.25. The molecule has 0 fully saturated rings. The Labute approximate surface area is 187 Å². The molecule has 3 rings (SSSR count). The van der Waals surface area contributed by atoms with Crippen LogP contribution < -0.4 is 10.9 Å². The van der Waals surface area contributed by atoms with Crippen molar-refractivity contribution in [1.29, 1.82) is 0 Å². The van der Waals surface area contributed by atoms with Gasteiger partial charge >= 0.3 is 0 Å². The second kappa shape index (κ2) is 9.57.